The number of rotatable bonds is 2. The van der Waals surface area contributed by atoms with E-state index in [-0.39, 0.29) is 23.1 Å². The molecule has 0 saturated carbocycles. The second kappa shape index (κ2) is 6.48. The summed E-state index contributed by atoms with van der Waals surface area (Å²) in [5, 5.41) is 0. The summed E-state index contributed by atoms with van der Waals surface area (Å²) >= 11 is 0. The number of guanidine groups is 1. The van der Waals surface area contributed by atoms with Gasteiger partial charge in [0.1, 0.15) is 11.4 Å². The van der Waals surface area contributed by atoms with Crippen LogP contribution >= 0.6 is 0 Å². The monoisotopic (exact) mass is 367 g/mol. The number of carbonyl (C=O) groups excluding carboxylic acids is 1. The Bertz CT molecular complexity index is 881. The molecule has 3 rings (SSSR count). The zero-order chi connectivity index (χ0) is 20.0. The molecule has 2 aromatic rings. The molecule has 2 N–H and O–H groups in total. The summed E-state index contributed by atoms with van der Waals surface area (Å²) in [6.07, 6.45) is 0. The number of halogens is 1. The van der Waals surface area contributed by atoms with E-state index >= 15 is 0 Å². The van der Waals surface area contributed by atoms with E-state index in [0.717, 1.165) is 11.1 Å². The lowest BCUT2D eigenvalue weighted by molar-refractivity contribution is -0.130. The topological polar surface area (TPSA) is 58.7 Å². The minimum Gasteiger partial charge on any atom is -0.369 e. The number of hydrogen-bond acceptors (Lipinski definition) is 3. The highest BCUT2D eigenvalue weighted by Crippen LogP contribution is 2.44. The number of benzene rings is 2. The average Bonchev–Trinajstić information content (AvgIpc) is 2.60. The van der Waals surface area contributed by atoms with E-state index in [0.29, 0.717) is 0 Å². The SMILES string of the molecule is CN1C(=O)[C@@H](c2ccc(C(C)(C)C)cc2)[C@@](C)(c2ccc(F)cc2)N=C1N. The first-order chi connectivity index (χ1) is 12.5. The van der Waals surface area contributed by atoms with Crippen molar-refractivity contribution in [3.05, 3.63) is 71.0 Å². The summed E-state index contributed by atoms with van der Waals surface area (Å²) in [5.74, 6) is -0.842. The molecule has 1 aliphatic rings. The van der Waals surface area contributed by atoms with Crippen molar-refractivity contribution in [1.82, 2.24) is 4.90 Å². The van der Waals surface area contributed by atoms with Crippen LogP contribution in [0, 0.1) is 5.82 Å². The summed E-state index contributed by atoms with van der Waals surface area (Å²) in [5.41, 5.74) is 7.93. The molecule has 1 aliphatic heterocycles. The van der Waals surface area contributed by atoms with Crippen LogP contribution in [0.2, 0.25) is 0 Å². The fraction of sp³-hybridized carbons (Fsp3) is 0.364. The van der Waals surface area contributed by atoms with Crippen molar-refractivity contribution in [2.24, 2.45) is 10.7 Å². The number of likely N-dealkylation sites (N-methyl/N-ethyl adjacent to an activating group) is 1. The Kier molecular flexibility index (Phi) is 4.58. The Morgan fingerprint density at radius 2 is 1.63 bits per heavy atom. The van der Waals surface area contributed by atoms with Crippen molar-refractivity contribution in [1.29, 1.82) is 0 Å². The molecule has 0 radical (unpaired) electrons. The fourth-order valence-corrected chi connectivity index (χ4v) is 3.59. The van der Waals surface area contributed by atoms with Crippen LogP contribution in [0.4, 0.5) is 4.39 Å². The molecule has 0 saturated heterocycles. The van der Waals surface area contributed by atoms with Gasteiger partial charge in [-0.25, -0.2) is 9.38 Å². The van der Waals surface area contributed by atoms with E-state index < -0.39 is 11.5 Å². The molecule has 0 aromatic heterocycles. The molecule has 0 fully saturated rings. The van der Waals surface area contributed by atoms with Gasteiger partial charge in [-0.1, -0.05) is 57.2 Å². The van der Waals surface area contributed by atoms with Gasteiger partial charge in [-0.05, 0) is 41.2 Å². The maximum Gasteiger partial charge on any atom is 0.239 e. The van der Waals surface area contributed by atoms with Gasteiger partial charge in [0.15, 0.2) is 5.96 Å². The van der Waals surface area contributed by atoms with Crippen molar-refractivity contribution >= 4 is 11.9 Å². The van der Waals surface area contributed by atoms with E-state index in [2.05, 4.69) is 37.9 Å². The highest BCUT2D eigenvalue weighted by Gasteiger charge is 2.47. The largest absolute Gasteiger partial charge is 0.369 e. The van der Waals surface area contributed by atoms with Crippen LogP contribution in [0.15, 0.2) is 53.5 Å². The van der Waals surface area contributed by atoms with E-state index in [9.17, 15) is 9.18 Å². The Hall–Kier alpha value is -2.69. The third kappa shape index (κ3) is 3.34. The van der Waals surface area contributed by atoms with Crippen LogP contribution in [0.3, 0.4) is 0 Å². The number of nitrogens with zero attached hydrogens (tertiary/aromatic N) is 2. The molecule has 27 heavy (non-hydrogen) atoms. The molecule has 0 unspecified atom stereocenters. The first kappa shape index (κ1) is 19.1. The van der Waals surface area contributed by atoms with Gasteiger partial charge in [-0.15, -0.1) is 0 Å². The van der Waals surface area contributed by atoms with Crippen molar-refractivity contribution in [3.63, 3.8) is 0 Å². The Labute approximate surface area is 159 Å². The zero-order valence-corrected chi connectivity index (χ0v) is 16.5. The molecule has 4 nitrogen and oxygen atoms in total. The lowest BCUT2D eigenvalue weighted by Crippen LogP contribution is -2.52. The Morgan fingerprint density at radius 1 is 1.07 bits per heavy atom. The molecule has 1 heterocycles. The number of hydrogen-bond donors (Lipinski definition) is 1. The van der Waals surface area contributed by atoms with Crippen LogP contribution in [-0.4, -0.2) is 23.8 Å². The maximum absolute atomic E-state index is 13.4. The van der Waals surface area contributed by atoms with Gasteiger partial charge < -0.3 is 5.73 Å². The molecule has 0 aliphatic carbocycles. The predicted octanol–water partition coefficient (Wildman–Crippen LogP) is 3.91. The first-order valence-electron chi connectivity index (χ1n) is 9.03. The minimum atomic E-state index is -0.912. The number of carbonyl (C=O) groups is 1. The molecule has 2 aromatic carbocycles. The fourth-order valence-electron chi connectivity index (χ4n) is 3.59. The number of aliphatic imine (C=N–C) groups is 1. The summed E-state index contributed by atoms with van der Waals surface area (Å²) in [4.78, 5) is 19.2. The van der Waals surface area contributed by atoms with Crippen LogP contribution in [0.25, 0.3) is 0 Å². The van der Waals surface area contributed by atoms with E-state index in [1.165, 1.54) is 22.6 Å². The van der Waals surface area contributed by atoms with Gasteiger partial charge >= 0.3 is 0 Å². The second-order valence-electron chi connectivity index (χ2n) is 8.33. The predicted molar refractivity (Wildman–Crippen MR) is 106 cm³/mol. The first-order valence-corrected chi connectivity index (χ1v) is 9.03. The molecular weight excluding hydrogens is 341 g/mol. The van der Waals surface area contributed by atoms with E-state index in [1.54, 1.807) is 19.2 Å². The van der Waals surface area contributed by atoms with Crippen LogP contribution in [-0.2, 0) is 15.7 Å². The van der Waals surface area contributed by atoms with E-state index in [4.69, 9.17) is 5.73 Å². The van der Waals surface area contributed by atoms with Crippen molar-refractivity contribution in [3.8, 4) is 0 Å². The van der Waals surface area contributed by atoms with Crippen LogP contribution in [0.5, 0.6) is 0 Å². The highest BCUT2D eigenvalue weighted by atomic mass is 19.1. The zero-order valence-electron chi connectivity index (χ0n) is 16.5. The lowest BCUT2D eigenvalue weighted by atomic mass is 9.74. The second-order valence-corrected chi connectivity index (χ2v) is 8.33. The third-order valence-electron chi connectivity index (χ3n) is 5.37. The Balaban J connectivity index is 2.14. The number of nitrogens with two attached hydrogens (primary N) is 1. The van der Waals surface area contributed by atoms with Crippen molar-refractivity contribution in [2.45, 2.75) is 44.6 Å². The minimum absolute atomic E-state index is 0.0226. The molecule has 142 valence electrons. The molecule has 0 bridgehead atoms. The van der Waals surface area contributed by atoms with Gasteiger partial charge in [0.25, 0.3) is 0 Å². The Morgan fingerprint density at radius 3 is 2.15 bits per heavy atom. The van der Waals surface area contributed by atoms with Crippen LogP contribution < -0.4 is 5.73 Å². The van der Waals surface area contributed by atoms with Gasteiger partial charge in [0, 0.05) is 7.05 Å². The maximum atomic E-state index is 13.4. The quantitative estimate of drug-likeness (QED) is 0.875. The summed E-state index contributed by atoms with van der Waals surface area (Å²) in [6, 6.07) is 14.2. The number of amides is 1. The third-order valence-corrected chi connectivity index (χ3v) is 5.37. The van der Waals surface area contributed by atoms with Gasteiger partial charge in [0.2, 0.25) is 5.91 Å². The van der Waals surface area contributed by atoms with Gasteiger partial charge in [0.05, 0.1) is 5.92 Å². The standard InChI is InChI=1S/C22H26FN3O/c1-21(2,3)15-8-6-14(7-9-15)18-19(27)26(5)20(24)25-22(18,4)16-10-12-17(23)13-11-16/h6-13,18H,1-5H3,(H2,24,25)/t18-,22-/m1/s1. The molecular formula is C22H26FN3O. The lowest BCUT2D eigenvalue weighted by Gasteiger charge is -2.41. The summed E-state index contributed by atoms with van der Waals surface area (Å²) in [7, 11) is 1.63. The van der Waals surface area contributed by atoms with Crippen LogP contribution in [0.1, 0.15) is 50.3 Å². The summed E-state index contributed by atoms with van der Waals surface area (Å²) in [6.45, 7) is 8.32. The van der Waals surface area contributed by atoms with Crippen molar-refractivity contribution in [2.75, 3.05) is 7.05 Å². The normalized spacial score (nSPS) is 23.3. The molecule has 0 spiro atoms. The van der Waals surface area contributed by atoms with Gasteiger partial charge in [-0.3, -0.25) is 9.69 Å². The molecule has 1 amide bonds. The van der Waals surface area contributed by atoms with Gasteiger partial charge in [-0.2, -0.15) is 0 Å². The smallest absolute Gasteiger partial charge is 0.239 e. The van der Waals surface area contributed by atoms with Crippen molar-refractivity contribution < 1.29 is 9.18 Å². The molecule has 5 heteroatoms. The molecule has 2 atom stereocenters. The van der Waals surface area contributed by atoms with E-state index in [1.807, 2.05) is 19.1 Å². The highest BCUT2D eigenvalue weighted by molar-refractivity contribution is 6.02. The summed E-state index contributed by atoms with van der Waals surface area (Å²) < 4.78 is 13.4. The average molecular weight is 367 g/mol.